The minimum Gasteiger partial charge on any atom is -0.465 e. The normalized spacial score (nSPS) is 21.2. The highest BCUT2D eigenvalue weighted by Gasteiger charge is 2.54. The summed E-state index contributed by atoms with van der Waals surface area (Å²) in [6, 6.07) is 0. The van der Waals surface area contributed by atoms with Gasteiger partial charge in [-0.25, -0.2) is 14.4 Å². The molecule has 0 spiro atoms. The first-order valence-electron chi connectivity index (χ1n) is 6.77. The minimum absolute atomic E-state index is 0.111. The van der Waals surface area contributed by atoms with Crippen LogP contribution in [0.15, 0.2) is 16.1 Å². The van der Waals surface area contributed by atoms with Gasteiger partial charge in [0.2, 0.25) is 0 Å². The second-order valence-corrected chi connectivity index (χ2v) is 4.26. The maximum Gasteiger partial charge on any atom is 0.349 e. The molecule has 8 nitrogen and oxygen atoms in total. The van der Waals surface area contributed by atoms with E-state index >= 15 is 0 Å². The number of carbonyl (C=O) groups excluding carboxylic acids is 3. The fourth-order valence-electron chi connectivity index (χ4n) is 1.91. The summed E-state index contributed by atoms with van der Waals surface area (Å²) in [4.78, 5) is 39.9. The summed E-state index contributed by atoms with van der Waals surface area (Å²) < 4.78 is 19.7. The Morgan fingerprint density at radius 2 is 1.86 bits per heavy atom. The van der Waals surface area contributed by atoms with E-state index in [0.29, 0.717) is 6.54 Å². The fraction of sp³-hybridized carbons (Fsp3) is 0.571. The molecule has 1 aliphatic rings. The van der Waals surface area contributed by atoms with Crippen LogP contribution in [0.3, 0.4) is 0 Å². The first-order valence-corrected chi connectivity index (χ1v) is 6.77. The third-order valence-electron chi connectivity index (χ3n) is 2.80. The summed E-state index contributed by atoms with van der Waals surface area (Å²) in [6.07, 6.45) is 1.94. The average Bonchev–Trinajstić information content (AvgIpc) is 2.79. The van der Waals surface area contributed by atoms with Crippen molar-refractivity contribution in [3.8, 4) is 0 Å². The molecule has 0 bridgehead atoms. The second kappa shape index (κ2) is 7.69. The fourth-order valence-corrected chi connectivity index (χ4v) is 1.91. The van der Waals surface area contributed by atoms with Gasteiger partial charge in [0.25, 0.3) is 5.79 Å². The summed E-state index contributed by atoms with van der Waals surface area (Å²) in [6.45, 7) is 4.10. The van der Waals surface area contributed by atoms with Crippen LogP contribution in [0.25, 0.3) is 0 Å². The van der Waals surface area contributed by atoms with Crippen molar-refractivity contribution in [2.75, 3.05) is 27.4 Å². The van der Waals surface area contributed by atoms with Crippen LogP contribution in [0, 0.1) is 0 Å². The molecule has 1 atom stereocenters. The molecule has 0 aromatic heterocycles. The van der Waals surface area contributed by atoms with E-state index in [2.05, 4.69) is 14.5 Å². The number of nitrogens with zero attached hydrogens (tertiary/aromatic N) is 1. The highest BCUT2D eigenvalue weighted by Crippen LogP contribution is 2.34. The predicted octanol–water partition coefficient (Wildman–Crippen LogP) is 0.399. The van der Waals surface area contributed by atoms with E-state index in [0.717, 1.165) is 20.6 Å². The molecule has 0 N–H and O–H groups in total. The zero-order chi connectivity index (χ0) is 16.8. The van der Waals surface area contributed by atoms with Crippen LogP contribution in [0.2, 0.25) is 0 Å². The molecular formula is C14H19NO7. The van der Waals surface area contributed by atoms with Gasteiger partial charge in [-0.15, -0.1) is 0 Å². The number of cyclic esters (lactones) is 1. The predicted molar refractivity (Wildman–Crippen MR) is 75.2 cm³/mol. The van der Waals surface area contributed by atoms with Crippen LogP contribution >= 0.6 is 0 Å². The van der Waals surface area contributed by atoms with Crippen LogP contribution in [-0.2, 0) is 33.3 Å². The van der Waals surface area contributed by atoms with Gasteiger partial charge in [-0.2, -0.15) is 0 Å². The molecule has 0 saturated carbocycles. The number of methoxy groups -OCH3 is 2. The van der Waals surface area contributed by atoms with Crippen molar-refractivity contribution in [3.63, 3.8) is 0 Å². The lowest BCUT2D eigenvalue weighted by Crippen LogP contribution is -2.40. The van der Waals surface area contributed by atoms with E-state index in [1.165, 1.54) is 6.21 Å². The Morgan fingerprint density at radius 1 is 1.23 bits per heavy atom. The van der Waals surface area contributed by atoms with Crippen LogP contribution in [0.4, 0.5) is 0 Å². The summed E-state index contributed by atoms with van der Waals surface area (Å²) in [5, 5.41) is 0. The highest BCUT2D eigenvalue weighted by atomic mass is 16.7. The summed E-state index contributed by atoms with van der Waals surface area (Å²) in [5.41, 5.74) is -0.917. The molecule has 0 aromatic carbocycles. The summed E-state index contributed by atoms with van der Waals surface area (Å²) in [7, 11) is 2.20. The SMILES string of the molecule is CCCN=CC1(OCC)OC(=O)C(C(=O)OC)=C1C(=O)OC. The van der Waals surface area contributed by atoms with E-state index in [1.54, 1.807) is 6.92 Å². The molecule has 0 aliphatic carbocycles. The number of hydrogen-bond acceptors (Lipinski definition) is 8. The maximum absolute atomic E-state index is 12.1. The van der Waals surface area contributed by atoms with Crippen molar-refractivity contribution in [3.05, 3.63) is 11.1 Å². The molecule has 0 radical (unpaired) electrons. The zero-order valence-electron chi connectivity index (χ0n) is 13.0. The van der Waals surface area contributed by atoms with Gasteiger partial charge in [0.15, 0.2) is 5.57 Å². The molecule has 122 valence electrons. The Balaban J connectivity index is 3.47. The number of aliphatic imine (C=N–C) groups is 1. The van der Waals surface area contributed by atoms with Crippen LogP contribution in [0.1, 0.15) is 20.3 Å². The van der Waals surface area contributed by atoms with E-state index < -0.39 is 29.3 Å². The van der Waals surface area contributed by atoms with Crippen molar-refractivity contribution < 1.29 is 33.3 Å². The Morgan fingerprint density at radius 3 is 2.36 bits per heavy atom. The first-order chi connectivity index (χ1) is 10.5. The van der Waals surface area contributed by atoms with Gasteiger partial charge < -0.3 is 18.9 Å². The Labute approximate surface area is 128 Å². The lowest BCUT2D eigenvalue weighted by Gasteiger charge is -2.25. The van der Waals surface area contributed by atoms with Crippen LogP contribution < -0.4 is 0 Å². The van der Waals surface area contributed by atoms with Crippen molar-refractivity contribution in [1.29, 1.82) is 0 Å². The van der Waals surface area contributed by atoms with E-state index in [9.17, 15) is 14.4 Å². The first kappa shape index (κ1) is 17.8. The smallest absolute Gasteiger partial charge is 0.349 e. The lowest BCUT2D eigenvalue weighted by molar-refractivity contribution is -0.176. The lowest BCUT2D eigenvalue weighted by atomic mass is 10.0. The van der Waals surface area contributed by atoms with Crippen molar-refractivity contribution in [1.82, 2.24) is 0 Å². The molecule has 1 heterocycles. The van der Waals surface area contributed by atoms with Crippen molar-refractivity contribution >= 4 is 24.1 Å². The Bertz CT molecular complexity index is 523. The van der Waals surface area contributed by atoms with Crippen LogP contribution in [0.5, 0.6) is 0 Å². The third-order valence-corrected chi connectivity index (χ3v) is 2.80. The van der Waals surface area contributed by atoms with Gasteiger partial charge in [0.05, 0.1) is 20.4 Å². The number of esters is 3. The third kappa shape index (κ3) is 3.33. The molecule has 1 rings (SSSR count). The largest absolute Gasteiger partial charge is 0.465 e. The highest BCUT2D eigenvalue weighted by molar-refractivity contribution is 6.23. The van der Waals surface area contributed by atoms with Gasteiger partial charge >= 0.3 is 17.9 Å². The molecule has 0 fully saturated rings. The van der Waals surface area contributed by atoms with Crippen molar-refractivity contribution in [2.45, 2.75) is 26.1 Å². The monoisotopic (exact) mass is 313 g/mol. The van der Waals surface area contributed by atoms with E-state index in [4.69, 9.17) is 9.47 Å². The van der Waals surface area contributed by atoms with Gasteiger partial charge in [0.1, 0.15) is 5.57 Å². The Kier molecular flexibility index (Phi) is 6.24. The maximum atomic E-state index is 12.1. The standard InChI is InChI=1S/C14H19NO7/c1-5-7-15-8-14(21-6-2)10(13(18)20-4)9(11(16)19-3)12(17)22-14/h8H,5-7H2,1-4H3. The van der Waals surface area contributed by atoms with Gasteiger partial charge in [0, 0.05) is 13.2 Å². The van der Waals surface area contributed by atoms with Gasteiger partial charge in [-0.1, -0.05) is 6.92 Å². The summed E-state index contributed by atoms with van der Waals surface area (Å²) >= 11 is 0. The van der Waals surface area contributed by atoms with E-state index in [-0.39, 0.29) is 12.2 Å². The molecule has 0 aromatic rings. The molecular weight excluding hydrogens is 294 g/mol. The minimum atomic E-state index is -1.88. The zero-order valence-corrected chi connectivity index (χ0v) is 13.0. The van der Waals surface area contributed by atoms with Crippen molar-refractivity contribution in [2.24, 2.45) is 4.99 Å². The molecule has 22 heavy (non-hydrogen) atoms. The van der Waals surface area contributed by atoms with Gasteiger partial charge in [-0.3, -0.25) is 4.99 Å². The van der Waals surface area contributed by atoms with Crippen LogP contribution in [-0.4, -0.2) is 57.3 Å². The molecule has 1 aliphatic heterocycles. The Hall–Kier alpha value is -2.22. The topological polar surface area (TPSA) is 100 Å². The molecule has 0 amide bonds. The van der Waals surface area contributed by atoms with E-state index in [1.807, 2.05) is 6.92 Å². The number of hydrogen-bond donors (Lipinski definition) is 0. The average molecular weight is 313 g/mol. The molecule has 8 heteroatoms. The summed E-state index contributed by atoms with van der Waals surface area (Å²) in [5.74, 6) is -4.83. The van der Waals surface area contributed by atoms with Gasteiger partial charge in [-0.05, 0) is 13.3 Å². The molecule has 1 unspecified atom stereocenters. The molecule has 0 saturated heterocycles. The number of rotatable bonds is 7. The number of ether oxygens (including phenoxy) is 4. The number of carbonyl (C=O) groups is 3. The second-order valence-electron chi connectivity index (χ2n) is 4.26. The quantitative estimate of drug-likeness (QED) is 0.290.